The summed E-state index contributed by atoms with van der Waals surface area (Å²) in [5.74, 6) is 1.02. The van der Waals surface area contributed by atoms with Crippen molar-refractivity contribution in [2.45, 2.75) is 45.3 Å². The molecule has 1 atom stereocenters. The number of likely N-dealkylation sites (tertiary alicyclic amines) is 1. The Morgan fingerprint density at radius 3 is 2.44 bits per heavy atom. The zero-order valence-electron chi connectivity index (χ0n) is 18.7. The minimum Gasteiger partial charge on any atom is -0.486 e. The van der Waals surface area contributed by atoms with Gasteiger partial charge in [-0.25, -0.2) is 4.79 Å². The minimum atomic E-state index is 0.00433. The van der Waals surface area contributed by atoms with Gasteiger partial charge in [0, 0.05) is 32.1 Å². The standard InChI is InChI=1S/C26H31N3O3/c1-2-22-18-29(23-9-5-6-10-24(23)32-22)26(31)27-14-12-20(13-15-27)25(30)28-16-11-19-7-3-4-8-21(19)17-28/h3-10,20,22H,2,11-18H2,1H3. The average molecular weight is 434 g/mol. The maximum absolute atomic E-state index is 13.4. The first-order chi connectivity index (χ1) is 15.6. The molecule has 2 aromatic carbocycles. The molecule has 0 aliphatic carbocycles. The summed E-state index contributed by atoms with van der Waals surface area (Å²) in [6.45, 7) is 5.39. The zero-order valence-corrected chi connectivity index (χ0v) is 18.7. The van der Waals surface area contributed by atoms with E-state index < -0.39 is 0 Å². The number of para-hydroxylation sites is 2. The number of piperidine rings is 1. The van der Waals surface area contributed by atoms with Crippen molar-refractivity contribution in [3.05, 3.63) is 59.7 Å². The van der Waals surface area contributed by atoms with Gasteiger partial charge in [-0.3, -0.25) is 9.69 Å². The smallest absolute Gasteiger partial charge is 0.324 e. The molecular formula is C26H31N3O3. The first-order valence-corrected chi connectivity index (χ1v) is 11.8. The summed E-state index contributed by atoms with van der Waals surface area (Å²) >= 11 is 0. The highest BCUT2D eigenvalue weighted by Gasteiger charge is 2.35. The van der Waals surface area contributed by atoms with Gasteiger partial charge in [0.15, 0.2) is 0 Å². The van der Waals surface area contributed by atoms with Gasteiger partial charge < -0.3 is 14.5 Å². The lowest BCUT2D eigenvalue weighted by Crippen LogP contribution is -2.52. The molecule has 6 heteroatoms. The first kappa shape index (κ1) is 20.9. The fourth-order valence-corrected chi connectivity index (χ4v) is 5.12. The maximum atomic E-state index is 13.4. The van der Waals surface area contributed by atoms with Crippen LogP contribution in [0.15, 0.2) is 48.5 Å². The molecule has 3 amide bonds. The molecule has 0 bridgehead atoms. The van der Waals surface area contributed by atoms with E-state index in [1.807, 2.05) is 45.0 Å². The number of nitrogens with zero attached hydrogens (tertiary/aromatic N) is 3. The number of anilines is 1. The predicted molar refractivity (Wildman–Crippen MR) is 124 cm³/mol. The molecule has 32 heavy (non-hydrogen) atoms. The normalized spacial score (nSPS) is 20.9. The highest BCUT2D eigenvalue weighted by Crippen LogP contribution is 2.35. The lowest BCUT2D eigenvalue weighted by Gasteiger charge is -2.40. The molecule has 0 aromatic heterocycles. The Morgan fingerprint density at radius 1 is 0.938 bits per heavy atom. The largest absolute Gasteiger partial charge is 0.486 e. The molecule has 1 saturated heterocycles. The van der Waals surface area contributed by atoms with Crippen molar-refractivity contribution in [1.82, 2.24) is 9.80 Å². The third-order valence-electron chi connectivity index (χ3n) is 7.08. The van der Waals surface area contributed by atoms with Crippen LogP contribution in [0.25, 0.3) is 0 Å². The van der Waals surface area contributed by atoms with Gasteiger partial charge in [-0.05, 0) is 48.9 Å². The van der Waals surface area contributed by atoms with Gasteiger partial charge in [-0.1, -0.05) is 43.3 Å². The summed E-state index contributed by atoms with van der Waals surface area (Å²) in [5.41, 5.74) is 3.46. The zero-order chi connectivity index (χ0) is 22.1. The number of benzene rings is 2. The van der Waals surface area contributed by atoms with Crippen molar-refractivity contribution in [1.29, 1.82) is 0 Å². The van der Waals surface area contributed by atoms with E-state index in [-0.39, 0.29) is 24.0 Å². The lowest BCUT2D eigenvalue weighted by molar-refractivity contribution is -0.137. The van der Waals surface area contributed by atoms with Crippen molar-refractivity contribution in [2.24, 2.45) is 5.92 Å². The van der Waals surface area contributed by atoms with Crippen LogP contribution in [0, 0.1) is 5.92 Å². The summed E-state index contributed by atoms with van der Waals surface area (Å²) in [6.07, 6.45) is 3.25. The van der Waals surface area contributed by atoms with E-state index in [4.69, 9.17) is 4.74 Å². The number of carbonyl (C=O) groups excluding carboxylic acids is 2. The van der Waals surface area contributed by atoms with Crippen LogP contribution in [0.1, 0.15) is 37.3 Å². The summed E-state index contributed by atoms with van der Waals surface area (Å²) in [4.78, 5) is 32.3. The number of urea groups is 1. The van der Waals surface area contributed by atoms with Gasteiger partial charge in [-0.15, -0.1) is 0 Å². The number of hydrogen-bond acceptors (Lipinski definition) is 3. The molecule has 0 N–H and O–H groups in total. The van der Waals surface area contributed by atoms with Gasteiger partial charge >= 0.3 is 6.03 Å². The fraction of sp³-hybridized carbons (Fsp3) is 0.462. The van der Waals surface area contributed by atoms with Crippen LogP contribution in [0.5, 0.6) is 5.75 Å². The molecule has 2 aromatic rings. The second kappa shape index (κ2) is 8.85. The Balaban J connectivity index is 1.21. The second-order valence-electron chi connectivity index (χ2n) is 9.05. The van der Waals surface area contributed by atoms with E-state index in [0.29, 0.717) is 26.2 Å². The van der Waals surface area contributed by atoms with Crippen molar-refractivity contribution in [3.8, 4) is 5.75 Å². The number of fused-ring (bicyclic) bond motifs is 2. The summed E-state index contributed by atoms with van der Waals surface area (Å²) < 4.78 is 6.03. The summed E-state index contributed by atoms with van der Waals surface area (Å²) in [5, 5.41) is 0. The molecule has 6 nitrogen and oxygen atoms in total. The fourth-order valence-electron chi connectivity index (χ4n) is 5.12. The van der Waals surface area contributed by atoms with Gasteiger partial charge in [-0.2, -0.15) is 0 Å². The third kappa shape index (κ3) is 3.94. The minimum absolute atomic E-state index is 0.00433. The van der Waals surface area contributed by atoms with Crippen LogP contribution in [-0.4, -0.2) is 54.0 Å². The van der Waals surface area contributed by atoms with E-state index in [2.05, 4.69) is 25.1 Å². The van der Waals surface area contributed by atoms with E-state index in [9.17, 15) is 9.59 Å². The highest BCUT2D eigenvalue weighted by molar-refractivity contribution is 5.94. The van der Waals surface area contributed by atoms with E-state index >= 15 is 0 Å². The van der Waals surface area contributed by atoms with Crippen LogP contribution < -0.4 is 9.64 Å². The van der Waals surface area contributed by atoms with E-state index in [0.717, 1.165) is 43.7 Å². The number of amides is 3. The van der Waals surface area contributed by atoms with Crippen LogP contribution >= 0.6 is 0 Å². The molecular weight excluding hydrogens is 402 g/mol. The molecule has 0 spiro atoms. The molecule has 3 heterocycles. The monoisotopic (exact) mass is 433 g/mol. The van der Waals surface area contributed by atoms with Gasteiger partial charge in [0.1, 0.15) is 11.9 Å². The Hall–Kier alpha value is -3.02. The average Bonchev–Trinajstić information content (AvgIpc) is 2.87. The SMILES string of the molecule is CCC1CN(C(=O)N2CCC(C(=O)N3CCc4ccccc4C3)CC2)c2ccccc2O1. The molecule has 1 fully saturated rings. The molecule has 5 rings (SSSR count). The molecule has 1 unspecified atom stereocenters. The predicted octanol–water partition coefficient (Wildman–Crippen LogP) is 4.08. The van der Waals surface area contributed by atoms with Crippen LogP contribution in [0.3, 0.4) is 0 Å². The molecule has 168 valence electrons. The van der Waals surface area contributed by atoms with Crippen LogP contribution in [0.2, 0.25) is 0 Å². The first-order valence-electron chi connectivity index (χ1n) is 11.8. The summed E-state index contributed by atoms with van der Waals surface area (Å²) in [7, 11) is 0. The Bertz CT molecular complexity index is 999. The van der Waals surface area contributed by atoms with Gasteiger partial charge in [0.05, 0.1) is 12.2 Å². The van der Waals surface area contributed by atoms with Crippen LogP contribution in [-0.2, 0) is 17.8 Å². The molecule has 0 saturated carbocycles. The number of ether oxygens (including phenoxy) is 1. The van der Waals surface area contributed by atoms with E-state index in [1.165, 1.54) is 11.1 Å². The second-order valence-corrected chi connectivity index (χ2v) is 9.05. The maximum Gasteiger partial charge on any atom is 0.324 e. The Kier molecular flexibility index (Phi) is 5.77. The highest BCUT2D eigenvalue weighted by atomic mass is 16.5. The third-order valence-corrected chi connectivity index (χ3v) is 7.08. The molecule has 3 aliphatic heterocycles. The number of rotatable bonds is 2. The summed E-state index contributed by atoms with van der Waals surface area (Å²) in [6, 6.07) is 16.2. The topological polar surface area (TPSA) is 53.1 Å². The van der Waals surface area contributed by atoms with E-state index in [1.54, 1.807) is 0 Å². The van der Waals surface area contributed by atoms with Crippen molar-refractivity contribution < 1.29 is 14.3 Å². The van der Waals surface area contributed by atoms with Crippen molar-refractivity contribution >= 4 is 17.6 Å². The Labute approximate surface area is 189 Å². The number of hydrogen-bond donors (Lipinski definition) is 0. The lowest BCUT2D eigenvalue weighted by atomic mass is 9.93. The quantitative estimate of drug-likeness (QED) is 0.717. The Morgan fingerprint density at radius 2 is 1.66 bits per heavy atom. The van der Waals surface area contributed by atoms with Crippen molar-refractivity contribution in [3.63, 3.8) is 0 Å². The molecule has 0 radical (unpaired) electrons. The van der Waals surface area contributed by atoms with Crippen molar-refractivity contribution in [2.75, 3.05) is 31.1 Å². The van der Waals surface area contributed by atoms with Gasteiger partial charge in [0.25, 0.3) is 0 Å². The van der Waals surface area contributed by atoms with Crippen LogP contribution in [0.4, 0.5) is 10.5 Å². The van der Waals surface area contributed by atoms with Gasteiger partial charge in [0.2, 0.25) is 5.91 Å². The number of carbonyl (C=O) groups is 2. The molecule has 3 aliphatic rings.